The summed E-state index contributed by atoms with van der Waals surface area (Å²) < 4.78 is 2.01. The fourth-order valence-corrected chi connectivity index (χ4v) is 4.71. The van der Waals surface area contributed by atoms with Gasteiger partial charge < -0.3 is 16.6 Å². The highest BCUT2D eigenvalue weighted by molar-refractivity contribution is 5.84. The van der Waals surface area contributed by atoms with E-state index in [4.69, 9.17) is 21.4 Å². The smallest absolute Gasteiger partial charge is 0.165 e. The van der Waals surface area contributed by atoms with Gasteiger partial charge in [0, 0.05) is 23.0 Å². The second-order valence-electron chi connectivity index (χ2n) is 9.30. The second-order valence-corrected chi connectivity index (χ2v) is 9.30. The number of benzene rings is 2. The molecule has 0 saturated heterocycles. The molecule has 0 aliphatic heterocycles. The minimum Gasteiger partial charge on any atom is -0.508 e. The molecular weight excluding hydrogens is 436 g/mol. The Hall–Kier alpha value is -4.23. The van der Waals surface area contributed by atoms with Gasteiger partial charge in [-0.25, -0.2) is 15.0 Å². The Morgan fingerprint density at radius 2 is 1.77 bits per heavy atom. The quantitative estimate of drug-likeness (QED) is 0.343. The van der Waals surface area contributed by atoms with Crippen molar-refractivity contribution in [2.45, 2.75) is 31.7 Å². The summed E-state index contributed by atoms with van der Waals surface area (Å²) in [4.78, 5) is 14.1. The van der Waals surface area contributed by atoms with Crippen molar-refractivity contribution in [3.05, 3.63) is 84.1 Å². The zero-order chi connectivity index (χ0) is 24.2. The van der Waals surface area contributed by atoms with Crippen LogP contribution in [0.3, 0.4) is 0 Å². The summed E-state index contributed by atoms with van der Waals surface area (Å²) in [5.74, 6) is 1.31. The molecule has 1 aliphatic carbocycles. The fraction of sp³-hybridized carbons (Fsp3) is 0.179. The Labute approximate surface area is 203 Å². The first-order valence-electron chi connectivity index (χ1n) is 11.7. The Kier molecular flexibility index (Phi) is 4.82. The van der Waals surface area contributed by atoms with Crippen molar-refractivity contribution >= 4 is 17.0 Å². The lowest BCUT2D eigenvalue weighted by atomic mass is 9.73. The number of aromatic nitrogens is 4. The Bertz CT molecular complexity index is 1570. The highest BCUT2D eigenvalue weighted by atomic mass is 16.3. The van der Waals surface area contributed by atoms with E-state index in [-0.39, 0.29) is 11.3 Å². The zero-order valence-corrected chi connectivity index (χ0v) is 19.4. The van der Waals surface area contributed by atoms with E-state index in [1.807, 2.05) is 47.9 Å². The molecule has 0 amide bonds. The van der Waals surface area contributed by atoms with E-state index in [2.05, 4.69) is 29.2 Å². The van der Waals surface area contributed by atoms with Gasteiger partial charge >= 0.3 is 0 Å². The van der Waals surface area contributed by atoms with Gasteiger partial charge in [0.05, 0.1) is 11.3 Å². The van der Waals surface area contributed by atoms with Gasteiger partial charge in [-0.1, -0.05) is 24.3 Å². The van der Waals surface area contributed by atoms with Crippen molar-refractivity contribution in [3.8, 4) is 34.1 Å². The molecule has 5 N–H and O–H groups in total. The average Bonchev–Trinajstić information content (AvgIpc) is 3.23. The molecule has 0 atom stereocenters. The SMILES string of the molecule is Cc1ccc(-c2ccc3nc(-c4cccnc4N)n(-c4ccc(C5(N)CCC5)cc4)c3n2)cc1O. The maximum absolute atomic E-state index is 10.2. The van der Waals surface area contributed by atoms with Gasteiger partial charge in [-0.15, -0.1) is 0 Å². The molecule has 1 fully saturated rings. The number of hydrogen-bond acceptors (Lipinski definition) is 6. The number of aryl methyl sites for hydroxylation is 1. The Morgan fingerprint density at radius 3 is 2.46 bits per heavy atom. The number of imidazole rings is 1. The number of hydrogen-bond donors (Lipinski definition) is 3. The maximum atomic E-state index is 10.2. The van der Waals surface area contributed by atoms with Gasteiger partial charge in [0.25, 0.3) is 0 Å². The molecule has 5 aromatic rings. The largest absolute Gasteiger partial charge is 0.508 e. The summed E-state index contributed by atoms with van der Waals surface area (Å²) in [7, 11) is 0. The number of fused-ring (bicyclic) bond motifs is 1. The highest BCUT2D eigenvalue weighted by Gasteiger charge is 2.34. The lowest BCUT2D eigenvalue weighted by Gasteiger charge is -2.38. The number of nitrogens with zero attached hydrogens (tertiary/aromatic N) is 4. The number of nitrogens with two attached hydrogens (primary N) is 2. The number of aromatic hydroxyl groups is 1. The molecule has 0 unspecified atom stereocenters. The first kappa shape index (κ1) is 21.3. The monoisotopic (exact) mass is 462 g/mol. The number of phenolic OH excluding ortho intramolecular Hbond substituents is 1. The molecule has 6 rings (SSSR count). The third-order valence-corrected chi connectivity index (χ3v) is 7.04. The first-order chi connectivity index (χ1) is 16.9. The minimum absolute atomic E-state index is 0.231. The van der Waals surface area contributed by atoms with E-state index < -0.39 is 0 Å². The van der Waals surface area contributed by atoms with E-state index in [9.17, 15) is 5.11 Å². The van der Waals surface area contributed by atoms with Crippen LogP contribution >= 0.6 is 0 Å². The van der Waals surface area contributed by atoms with Gasteiger partial charge in [-0.3, -0.25) is 4.57 Å². The number of phenols is 1. The van der Waals surface area contributed by atoms with Gasteiger partial charge in [0.15, 0.2) is 11.5 Å². The normalized spacial score (nSPS) is 14.7. The van der Waals surface area contributed by atoms with Crippen LogP contribution in [0.15, 0.2) is 72.9 Å². The minimum atomic E-state index is -0.231. The van der Waals surface area contributed by atoms with Crippen molar-refractivity contribution in [1.82, 2.24) is 19.5 Å². The van der Waals surface area contributed by atoms with E-state index >= 15 is 0 Å². The van der Waals surface area contributed by atoms with Crippen molar-refractivity contribution in [2.24, 2.45) is 5.73 Å². The van der Waals surface area contributed by atoms with E-state index in [1.165, 1.54) is 0 Å². The number of pyridine rings is 2. The predicted octanol–water partition coefficient (Wildman–Crippen LogP) is 5.08. The molecule has 7 heteroatoms. The van der Waals surface area contributed by atoms with Crippen LogP contribution in [0.1, 0.15) is 30.4 Å². The number of rotatable bonds is 4. The molecule has 3 heterocycles. The van der Waals surface area contributed by atoms with Crippen molar-refractivity contribution in [3.63, 3.8) is 0 Å². The van der Waals surface area contributed by atoms with Gasteiger partial charge in [-0.05, 0) is 79.8 Å². The Balaban J connectivity index is 1.56. The van der Waals surface area contributed by atoms with Crippen molar-refractivity contribution in [1.29, 1.82) is 0 Å². The van der Waals surface area contributed by atoms with Crippen molar-refractivity contribution < 1.29 is 5.11 Å². The standard InChI is InChI=1S/C28H26N6O/c1-17-5-6-18(16-24(17)35)22-11-12-23-27(32-22)34(26(33-23)21-4-2-15-31-25(21)29)20-9-7-19(8-10-20)28(30)13-3-14-28/h2,4-12,15-16,35H,3,13-14,30H2,1H3,(H2,29,31). The summed E-state index contributed by atoms with van der Waals surface area (Å²) >= 11 is 0. The van der Waals surface area contributed by atoms with Crippen LogP contribution < -0.4 is 11.5 Å². The van der Waals surface area contributed by atoms with Gasteiger partial charge in [0.1, 0.15) is 17.1 Å². The van der Waals surface area contributed by atoms with E-state index in [0.717, 1.165) is 58.4 Å². The molecule has 2 aromatic carbocycles. The van der Waals surface area contributed by atoms with Crippen LogP contribution in [0.2, 0.25) is 0 Å². The molecule has 0 radical (unpaired) electrons. The fourth-order valence-electron chi connectivity index (χ4n) is 4.71. The second kappa shape index (κ2) is 7.92. The molecule has 7 nitrogen and oxygen atoms in total. The van der Waals surface area contributed by atoms with E-state index in [0.29, 0.717) is 17.3 Å². The third-order valence-electron chi connectivity index (χ3n) is 7.04. The van der Waals surface area contributed by atoms with Crippen molar-refractivity contribution in [2.75, 3.05) is 5.73 Å². The highest BCUT2D eigenvalue weighted by Crippen LogP contribution is 2.39. The van der Waals surface area contributed by atoms with Crippen LogP contribution in [0, 0.1) is 6.92 Å². The molecule has 0 bridgehead atoms. The zero-order valence-electron chi connectivity index (χ0n) is 19.4. The average molecular weight is 463 g/mol. The molecule has 1 aliphatic rings. The predicted molar refractivity (Wildman–Crippen MR) is 138 cm³/mol. The molecular formula is C28H26N6O. The summed E-state index contributed by atoms with van der Waals surface area (Å²) in [6, 6.07) is 21.5. The van der Waals surface area contributed by atoms with Gasteiger partial charge in [-0.2, -0.15) is 0 Å². The van der Waals surface area contributed by atoms with Crippen LogP contribution in [0.25, 0.3) is 39.5 Å². The van der Waals surface area contributed by atoms with E-state index in [1.54, 1.807) is 12.3 Å². The topological polar surface area (TPSA) is 116 Å². The lowest BCUT2D eigenvalue weighted by molar-refractivity contribution is 0.253. The van der Waals surface area contributed by atoms with Crippen LogP contribution in [-0.4, -0.2) is 24.6 Å². The summed E-state index contributed by atoms with van der Waals surface area (Å²) in [5, 5.41) is 10.2. The molecule has 1 saturated carbocycles. The summed E-state index contributed by atoms with van der Waals surface area (Å²) in [5.41, 5.74) is 19.2. The van der Waals surface area contributed by atoms with Crippen LogP contribution in [0.4, 0.5) is 5.82 Å². The summed E-state index contributed by atoms with van der Waals surface area (Å²) in [6.45, 7) is 1.87. The molecule has 35 heavy (non-hydrogen) atoms. The molecule has 174 valence electrons. The number of anilines is 1. The van der Waals surface area contributed by atoms with Crippen LogP contribution in [-0.2, 0) is 5.54 Å². The number of nitrogen functional groups attached to an aromatic ring is 1. The Morgan fingerprint density at radius 1 is 0.971 bits per heavy atom. The maximum Gasteiger partial charge on any atom is 0.165 e. The lowest BCUT2D eigenvalue weighted by Crippen LogP contribution is -2.43. The molecule has 3 aromatic heterocycles. The van der Waals surface area contributed by atoms with Crippen LogP contribution in [0.5, 0.6) is 5.75 Å². The van der Waals surface area contributed by atoms with Gasteiger partial charge in [0.2, 0.25) is 0 Å². The first-order valence-corrected chi connectivity index (χ1v) is 11.7. The summed E-state index contributed by atoms with van der Waals surface area (Å²) in [6.07, 6.45) is 4.84. The molecule has 0 spiro atoms. The third kappa shape index (κ3) is 3.52.